The van der Waals surface area contributed by atoms with Crippen molar-refractivity contribution in [1.29, 1.82) is 0 Å². The average molecular weight is 354 g/mol. The summed E-state index contributed by atoms with van der Waals surface area (Å²) in [7, 11) is 0. The molecule has 2 aromatic rings. The molecule has 0 fully saturated rings. The maximum atomic E-state index is 13.6. The third-order valence-corrected chi connectivity index (χ3v) is 5.54. The quantitative estimate of drug-likeness (QED) is 0.610. The minimum absolute atomic E-state index is 0.00937. The molecular formula is C17H15BrClF. The molecule has 0 spiro atoms. The molecule has 2 unspecified atom stereocenters. The highest BCUT2D eigenvalue weighted by Gasteiger charge is 2.28. The van der Waals surface area contributed by atoms with Gasteiger partial charge in [-0.05, 0) is 63.9 Å². The normalized spacial score (nSPS) is 21.6. The Labute approximate surface area is 132 Å². The van der Waals surface area contributed by atoms with Crippen LogP contribution < -0.4 is 0 Å². The van der Waals surface area contributed by atoms with Crippen LogP contribution in [-0.2, 0) is 12.8 Å². The second kappa shape index (κ2) is 5.87. The van der Waals surface area contributed by atoms with Crippen molar-refractivity contribution in [2.24, 2.45) is 5.92 Å². The van der Waals surface area contributed by atoms with E-state index in [0.717, 1.165) is 24.8 Å². The molecule has 0 radical (unpaired) electrons. The van der Waals surface area contributed by atoms with Crippen molar-refractivity contribution in [3.05, 3.63) is 69.4 Å². The summed E-state index contributed by atoms with van der Waals surface area (Å²) in [5, 5.41) is 0.00937. The molecule has 0 nitrogen and oxygen atoms in total. The highest BCUT2D eigenvalue weighted by Crippen LogP contribution is 2.41. The molecule has 2 atom stereocenters. The first kappa shape index (κ1) is 14.1. The third kappa shape index (κ3) is 2.64. The number of rotatable bonds is 2. The van der Waals surface area contributed by atoms with Crippen LogP contribution in [0.4, 0.5) is 4.39 Å². The molecule has 3 rings (SSSR count). The van der Waals surface area contributed by atoms with Gasteiger partial charge in [-0.1, -0.05) is 36.4 Å². The van der Waals surface area contributed by atoms with Crippen LogP contribution >= 0.6 is 27.5 Å². The lowest BCUT2D eigenvalue weighted by Crippen LogP contribution is -2.19. The molecule has 3 heteroatoms. The molecule has 0 aliphatic heterocycles. The van der Waals surface area contributed by atoms with Crippen molar-refractivity contribution < 1.29 is 4.39 Å². The van der Waals surface area contributed by atoms with Gasteiger partial charge in [0.25, 0.3) is 0 Å². The Morgan fingerprint density at radius 3 is 2.80 bits per heavy atom. The molecule has 20 heavy (non-hydrogen) atoms. The van der Waals surface area contributed by atoms with Crippen LogP contribution in [0.15, 0.2) is 46.9 Å². The van der Waals surface area contributed by atoms with Crippen LogP contribution in [-0.4, -0.2) is 0 Å². The largest absolute Gasteiger partial charge is 0.206 e. The fraction of sp³-hybridized carbons (Fsp3) is 0.294. The topological polar surface area (TPSA) is 0 Å². The predicted octanol–water partition coefficient (Wildman–Crippen LogP) is 5.67. The summed E-state index contributed by atoms with van der Waals surface area (Å²) in [5.74, 6) is 0.148. The van der Waals surface area contributed by atoms with E-state index in [0.29, 0.717) is 10.4 Å². The van der Waals surface area contributed by atoms with Crippen LogP contribution in [0.3, 0.4) is 0 Å². The van der Waals surface area contributed by atoms with Gasteiger partial charge < -0.3 is 0 Å². The van der Waals surface area contributed by atoms with E-state index in [1.165, 1.54) is 17.2 Å². The Morgan fingerprint density at radius 2 is 1.95 bits per heavy atom. The number of hydrogen-bond donors (Lipinski definition) is 0. The first-order valence-corrected chi connectivity index (χ1v) is 8.04. The summed E-state index contributed by atoms with van der Waals surface area (Å²) in [6.07, 6.45) is 2.91. The Balaban J connectivity index is 1.85. The first-order chi connectivity index (χ1) is 9.66. The predicted molar refractivity (Wildman–Crippen MR) is 84.7 cm³/mol. The molecule has 2 aromatic carbocycles. The summed E-state index contributed by atoms with van der Waals surface area (Å²) in [6.45, 7) is 0. The summed E-state index contributed by atoms with van der Waals surface area (Å²) in [5.41, 5.74) is 3.58. The van der Waals surface area contributed by atoms with E-state index in [4.69, 9.17) is 11.6 Å². The second-order valence-electron chi connectivity index (χ2n) is 5.32. The smallest absolute Gasteiger partial charge is 0.137 e. The van der Waals surface area contributed by atoms with Crippen LogP contribution in [0.5, 0.6) is 0 Å². The van der Waals surface area contributed by atoms with Crippen molar-refractivity contribution in [3.8, 4) is 0 Å². The van der Waals surface area contributed by atoms with Gasteiger partial charge in [0.05, 0.1) is 9.85 Å². The molecule has 0 N–H and O–H groups in total. The van der Waals surface area contributed by atoms with Crippen molar-refractivity contribution in [2.75, 3.05) is 0 Å². The third-order valence-electron chi connectivity index (χ3n) is 4.06. The van der Waals surface area contributed by atoms with E-state index in [2.05, 4.69) is 34.1 Å². The molecule has 104 valence electrons. The maximum Gasteiger partial charge on any atom is 0.137 e. The standard InChI is InChI=1S/C17H15BrClF/c18-16-12(5-3-7-15(16)20)10-13-9-8-11-4-1-2-6-14(11)17(13)19/h1-7,13,17H,8-10H2. The zero-order valence-electron chi connectivity index (χ0n) is 11.0. The van der Waals surface area contributed by atoms with Gasteiger partial charge in [0, 0.05) is 0 Å². The van der Waals surface area contributed by atoms with E-state index >= 15 is 0 Å². The molecule has 0 aromatic heterocycles. The maximum absolute atomic E-state index is 13.6. The molecule has 0 bridgehead atoms. The van der Waals surface area contributed by atoms with Crippen LogP contribution in [0.2, 0.25) is 0 Å². The van der Waals surface area contributed by atoms with Gasteiger partial charge in [-0.25, -0.2) is 4.39 Å². The summed E-state index contributed by atoms with van der Waals surface area (Å²) >= 11 is 9.99. The van der Waals surface area contributed by atoms with Crippen LogP contribution in [0, 0.1) is 11.7 Å². The highest BCUT2D eigenvalue weighted by molar-refractivity contribution is 9.10. The van der Waals surface area contributed by atoms with Gasteiger partial charge in [-0.15, -0.1) is 11.6 Å². The first-order valence-electron chi connectivity index (χ1n) is 6.81. The van der Waals surface area contributed by atoms with Gasteiger partial charge in [0.2, 0.25) is 0 Å². The zero-order valence-corrected chi connectivity index (χ0v) is 13.3. The second-order valence-corrected chi connectivity index (χ2v) is 6.58. The zero-order chi connectivity index (χ0) is 14.1. The van der Waals surface area contributed by atoms with Gasteiger partial charge in [-0.2, -0.15) is 0 Å². The van der Waals surface area contributed by atoms with Gasteiger partial charge >= 0.3 is 0 Å². The highest BCUT2D eigenvalue weighted by atomic mass is 79.9. The van der Waals surface area contributed by atoms with Crippen molar-refractivity contribution in [3.63, 3.8) is 0 Å². The van der Waals surface area contributed by atoms with E-state index in [1.807, 2.05) is 12.1 Å². The van der Waals surface area contributed by atoms with E-state index in [9.17, 15) is 4.39 Å². The number of aryl methyl sites for hydroxylation is 1. The lowest BCUT2D eigenvalue weighted by molar-refractivity contribution is 0.440. The summed E-state index contributed by atoms with van der Waals surface area (Å²) in [6, 6.07) is 13.6. The Hall–Kier alpha value is -0.860. The molecule has 0 saturated heterocycles. The lowest BCUT2D eigenvalue weighted by atomic mass is 9.80. The summed E-state index contributed by atoms with van der Waals surface area (Å²) < 4.78 is 14.2. The van der Waals surface area contributed by atoms with Gasteiger partial charge in [0.15, 0.2) is 0 Å². The molecule has 1 aliphatic rings. The average Bonchev–Trinajstić information content (AvgIpc) is 2.47. The van der Waals surface area contributed by atoms with Crippen molar-refractivity contribution in [2.45, 2.75) is 24.6 Å². The monoisotopic (exact) mass is 352 g/mol. The lowest BCUT2D eigenvalue weighted by Gasteiger charge is -2.30. The molecule has 1 aliphatic carbocycles. The van der Waals surface area contributed by atoms with Crippen molar-refractivity contribution >= 4 is 27.5 Å². The number of alkyl halides is 1. The Morgan fingerprint density at radius 1 is 1.15 bits per heavy atom. The number of hydrogen-bond acceptors (Lipinski definition) is 0. The summed E-state index contributed by atoms with van der Waals surface area (Å²) in [4.78, 5) is 0. The molecule has 0 saturated carbocycles. The van der Waals surface area contributed by atoms with E-state index in [1.54, 1.807) is 6.07 Å². The van der Waals surface area contributed by atoms with Crippen LogP contribution in [0.1, 0.15) is 28.5 Å². The van der Waals surface area contributed by atoms with Crippen molar-refractivity contribution in [1.82, 2.24) is 0 Å². The Kier molecular flexibility index (Phi) is 4.13. The van der Waals surface area contributed by atoms with E-state index in [-0.39, 0.29) is 11.2 Å². The minimum Gasteiger partial charge on any atom is -0.206 e. The number of fused-ring (bicyclic) bond motifs is 1. The number of benzene rings is 2. The molecule has 0 amide bonds. The van der Waals surface area contributed by atoms with Gasteiger partial charge in [0.1, 0.15) is 5.82 Å². The van der Waals surface area contributed by atoms with Gasteiger partial charge in [-0.3, -0.25) is 0 Å². The molecular weight excluding hydrogens is 339 g/mol. The molecule has 0 heterocycles. The SMILES string of the molecule is Fc1cccc(CC2CCc3ccccc3C2Cl)c1Br. The Bertz CT molecular complexity index is 626. The van der Waals surface area contributed by atoms with E-state index < -0.39 is 0 Å². The number of halogens is 3. The fourth-order valence-corrected chi connectivity index (χ4v) is 3.82. The van der Waals surface area contributed by atoms with Crippen LogP contribution in [0.25, 0.3) is 0 Å². The minimum atomic E-state index is -0.204. The fourth-order valence-electron chi connectivity index (χ4n) is 2.97.